The Kier molecular flexibility index (Phi) is 4.69. The third-order valence-electron chi connectivity index (χ3n) is 0.780. The minimum atomic E-state index is -1.68. The van der Waals surface area contributed by atoms with Crippen LogP contribution < -0.4 is 0 Å². The van der Waals surface area contributed by atoms with Crippen LogP contribution in [0.2, 0.25) is 19.6 Å². The largest absolute Gasteiger partial charge is 0.382 e. The Morgan fingerprint density at radius 3 is 2.36 bits per heavy atom. The molecule has 0 amide bonds. The van der Waals surface area contributed by atoms with Crippen molar-refractivity contribution in [2.45, 2.75) is 25.9 Å². The van der Waals surface area contributed by atoms with E-state index in [1.807, 2.05) is 25.7 Å². The van der Waals surface area contributed by atoms with Gasteiger partial charge in [-0.05, 0) is 19.6 Å². The third kappa shape index (κ3) is 6.32. The summed E-state index contributed by atoms with van der Waals surface area (Å²) >= 11 is 5.27. The first-order valence-electron chi connectivity index (χ1n) is 3.24. The zero-order valence-corrected chi connectivity index (χ0v) is 8.68. The maximum atomic E-state index is 8.48. The van der Waals surface area contributed by atoms with E-state index in [-0.39, 0.29) is 6.07 Å². The van der Waals surface area contributed by atoms with Crippen LogP contribution in [-0.4, -0.2) is 20.7 Å². The van der Waals surface area contributed by atoms with Gasteiger partial charge in [-0.1, -0.05) is 11.6 Å². The first-order chi connectivity index (χ1) is 4.99. The summed E-state index contributed by atoms with van der Waals surface area (Å²) < 4.78 is 10.1. The van der Waals surface area contributed by atoms with E-state index in [0.29, 0.717) is 0 Å². The van der Waals surface area contributed by atoms with Gasteiger partial charge in [0.1, 0.15) is 12.1 Å². The van der Waals surface area contributed by atoms with Gasteiger partial charge < -0.3 is 9.16 Å². The van der Waals surface area contributed by atoms with Crippen LogP contribution in [0, 0.1) is 11.3 Å². The standard InChI is InChI=1S/C6H12ClNO2Si/c1-11(2,3)10-6(4-8)9-5-7/h6H,5H2,1-3H3. The van der Waals surface area contributed by atoms with Crippen molar-refractivity contribution in [1.82, 2.24) is 0 Å². The molecule has 0 aromatic carbocycles. The Hall–Kier alpha value is -0.0831. The molecule has 5 heteroatoms. The highest BCUT2D eigenvalue weighted by molar-refractivity contribution is 6.69. The highest BCUT2D eigenvalue weighted by Gasteiger charge is 2.20. The monoisotopic (exact) mass is 193 g/mol. The van der Waals surface area contributed by atoms with E-state index < -0.39 is 14.6 Å². The summed E-state index contributed by atoms with van der Waals surface area (Å²) in [5.41, 5.74) is 0. The van der Waals surface area contributed by atoms with E-state index in [9.17, 15) is 0 Å². The molecule has 0 aliphatic carbocycles. The van der Waals surface area contributed by atoms with Crippen molar-refractivity contribution >= 4 is 19.9 Å². The molecule has 0 aromatic heterocycles. The molecule has 0 aliphatic heterocycles. The van der Waals surface area contributed by atoms with Crippen molar-refractivity contribution in [1.29, 1.82) is 5.26 Å². The number of hydrogen-bond acceptors (Lipinski definition) is 3. The summed E-state index contributed by atoms with van der Waals surface area (Å²) in [5, 5.41) is 8.48. The Labute approximate surface area is 73.0 Å². The van der Waals surface area contributed by atoms with Crippen LogP contribution in [0.1, 0.15) is 0 Å². The number of hydrogen-bond donors (Lipinski definition) is 0. The second-order valence-corrected chi connectivity index (χ2v) is 7.65. The van der Waals surface area contributed by atoms with E-state index in [4.69, 9.17) is 26.0 Å². The molecule has 1 atom stereocenters. The topological polar surface area (TPSA) is 42.2 Å². The Morgan fingerprint density at radius 2 is 2.09 bits per heavy atom. The molecule has 0 saturated heterocycles. The van der Waals surface area contributed by atoms with Crippen molar-refractivity contribution in [3.63, 3.8) is 0 Å². The summed E-state index contributed by atoms with van der Waals surface area (Å²) in [6.45, 7) is 5.94. The zero-order valence-electron chi connectivity index (χ0n) is 6.93. The lowest BCUT2D eigenvalue weighted by Gasteiger charge is -2.20. The Morgan fingerprint density at radius 1 is 1.55 bits per heavy atom. The molecule has 3 nitrogen and oxygen atoms in total. The molecule has 11 heavy (non-hydrogen) atoms. The minimum absolute atomic E-state index is 0.0112. The average Bonchev–Trinajstić information content (AvgIpc) is 1.84. The number of nitrogens with zero attached hydrogens (tertiary/aromatic N) is 1. The fraction of sp³-hybridized carbons (Fsp3) is 0.833. The summed E-state index contributed by atoms with van der Waals surface area (Å²) in [7, 11) is -1.68. The van der Waals surface area contributed by atoms with Crippen LogP contribution in [0.3, 0.4) is 0 Å². The maximum Gasteiger partial charge on any atom is 0.240 e. The van der Waals surface area contributed by atoms with Crippen LogP contribution in [0.5, 0.6) is 0 Å². The normalized spacial score (nSPS) is 14.1. The molecule has 64 valence electrons. The molecule has 0 saturated carbocycles. The Balaban J connectivity index is 3.81. The number of nitriles is 1. The van der Waals surface area contributed by atoms with Gasteiger partial charge in [0.15, 0.2) is 8.32 Å². The molecule has 0 radical (unpaired) electrons. The second kappa shape index (κ2) is 4.73. The van der Waals surface area contributed by atoms with Crippen LogP contribution >= 0.6 is 11.6 Å². The van der Waals surface area contributed by atoms with Gasteiger partial charge in [0.2, 0.25) is 6.29 Å². The maximum absolute atomic E-state index is 8.48. The Bertz CT molecular complexity index is 152. The van der Waals surface area contributed by atoms with E-state index in [0.717, 1.165) is 0 Å². The van der Waals surface area contributed by atoms with Gasteiger partial charge in [0.25, 0.3) is 0 Å². The molecule has 0 bridgehead atoms. The molecule has 0 rings (SSSR count). The summed E-state index contributed by atoms with van der Waals surface area (Å²) in [6.07, 6.45) is -0.806. The summed E-state index contributed by atoms with van der Waals surface area (Å²) in [5.74, 6) is 0. The molecule has 1 unspecified atom stereocenters. The SMILES string of the molecule is C[Si](C)(C)OC(C#N)OCCl. The summed E-state index contributed by atoms with van der Waals surface area (Å²) in [4.78, 5) is 0. The van der Waals surface area contributed by atoms with Crippen molar-refractivity contribution in [2.75, 3.05) is 6.07 Å². The second-order valence-electron chi connectivity index (χ2n) is 2.97. The molecule has 0 fully saturated rings. The van der Waals surface area contributed by atoms with Gasteiger partial charge in [-0.25, -0.2) is 0 Å². The first kappa shape index (κ1) is 10.9. The average molecular weight is 194 g/mol. The first-order valence-corrected chi connectivity index (χ1v) is 7.19. The molecule has 0 heterocycles. The van der Waals surface area contributed by atoms with Gasteiger partial charge in [-0.2, -0.15) is 5.26 Å². The summed E-state index contributed by atoms with van der Waals surface area (Å²) in [6, 6.07) is 1.85. The third-order valence-corrected chi connectivity index (χ3v) is 1.83. The van der Waals surface area contributed by atoms with Gasteiger partial charge in [-0.15, -0.1) is 0 Å². The van der Waals surface area contributed by atoms with E-state index in [1.165, 1.54) is 0 Å². The molecule has 0 aliphatic rings. The number of ether oxygens (including phenoxy) is 1. The van der Waals surface area contributed by atoms with E-state index in [2.05, 4.69) is 0 Å². The van der Waals surface area contributed by atoms with Crippen molar-refractivity contribution in [3.8, 4) is 6.07 Å². The lowest BCUT2D eigenvalue weighted by atomic mass is 10.7. The van der Waals surface area contributed by atoms with E-state index >= 15 is 0 Å². The molecular formula is C6H12ClNO2Si. The molecule has 0 N–H and O–H groups in total. The van der Waals surface area contributed by atoms with Crippen LogP contribution in [0.25, 0.3) is 0 Å². The van der Waals surface area contributed by atoms with Gasteiger partial charge in [-0.3, -0.25) is 0 Å². The fourth-order valence-electron chi connectivity index (χ4n) is 0.476. The molecular weight excluding hydrogens is 182 g/mol. The predicted octanol–water partition coefficient (Wildman–Crippen LogP) is 1.90. The molecule has 0 aromatic rings. The smallest absolute Gasteiger partial charge is 0.240 e. The van der Waals surface area contributed by atoms with Crippen LogP contribution in [-0.2, 0) is 9.16 Å². The van der Waals surface area contributed by atoms with Gasteiger partial charge in [0, 0.05) is 0 Å². The van der Waals surface area contributed by atoms with Gasteiger partial charge >= 0.3 is 0 Å². The number of halogens is 1. The lowest BCUT2D eigenvalue weighted by Crippen LogP contribution is -2.32. The van der Waals surface area contributed by atoms with Crippen molar-refractivity contribution < 1.29 is 9.16 Å². The van der Waals surface area contributed by atoms with Crippen molar-refractivity contribution in [2.24, 2.45) is 0 Å². The predicted molar refractivity (Wildman–Crippen MR) is 45.6 cm³/mol. The highest BCUT2D eigenvalue weighted by atomic mass is 35.5. The highest BCUT2D eigenvalue weighted by Crippen LogP contribution is 2.07. The fourth-order valence-corrected chi connectivity index (χ4v) is 1.35. The molecule has 0 spiro atoms. The quantitative estimate of drug-likeness (QED) is 0.389. The lowest BCUT2D eigenvalue weighted by molar-refractivity contribution is -0.0250. The minimum Gasteiger partial charge on any atom is -0.382 e. The zero-order chi connectivity index (χ0) is 8.91. The van der Waals surface area contributed by atoms with Gasteiger partial charge in [0.05, 0.1) is 0 Å². The number of rotatable bonds is 4. The van der Waals surface area contributed by atoms with Crippen molar-refractivity contribution in [3.05, 3.63) is 0 Å². The van der Waals surface area contributed by atoms with Crippen LogP contribution in [0.4, 0.5) is 0 Å². The van der Waals surface area contributed by atoms with E-state index in [1.54, 1.807) is 0 Å². The van der Waals surface area contributed by atoms with Crippen LogP contribution in [0.15, 0.2) is 0 Å². The number of alkyl halides is 1.